The molecule has 0 saturated heterocycles. The van der Waals surface area contributed by atoms with Crippen LogP contribution in [0.2, 0.25) is 0 Å². The number of unbranched alkanes of at least 4 members (excludes halogenated alkanes) is 4. The average molecular weight is 477 g/mol. The number of rotatable bonds is 11. The highest BCUT2D eigenvalue weighted by Crippen LogP contribution is 2.34. The summed E-state index contributed by atoms with van der Waals surface area (Å²) >= 11 is 0. The standard InChI is InChI=1S/C33H48O2/c1-3-5-7-11-27-15-17-28(18-16-27)13-9-10-14-30-21-25-32(26-22-30)35-33(34)31-23-19-29(20-24-31)12-8-6-4-2/h9,13,21-22,25-29,31H,3-8,11-12,15-20,23-24H2,1-2H3/b13-9+. The molecular weight excluding hydrogens is 428 g/mol. The van der Waals surface area contributed by atoms with Crippen LogP contribution in [0, 0.1) is 35.5 Å². The van der Waals surface area contributed by atoms with Crippen LogP contribution >= 0.6 is 0 Å². The molecule has 2 heteroatoms. The maximum atomic E-state index is 12.6. The van der Waals surface area contributed by atoms with Gasteiger partial charge in [0.2, 0.25) is 0 Å². The number of allylic oxidation sites excluding steroid dienone is 2. The number of carbonyl (C=O) groups is 1. The highest BCUT2D eigenvalue weighted by Gasteiger charge is 2.27. The number of esters is 1. The Kier molecular flexibility index (Phi) is 12.5. The van der Waals surface area contributed by atoms with Crippen LogP contribution in [0.4, 0.5) is 0 Å². The summed E-state index contributed by atoms with van der Waals surface area (Å²) in [6.45, 7) is 4.54. The maximum Gasteiger partial charge on any atom is 0.314 e. The summed E-state index contributed by atoms with van der Waals surface area (Å²) in [6.07, 6.45) is 24.9. The summed E-state index contributed by atoms with van der Waals surface area (Å²) in [5, 5.41) is 0. The van der Waals surface area contributed by atoms with E-state index in [1.165, 1.54) is 89.9 Å². The topological polar surface area (TPSA) is 26.3 Å². The molecule has 2 nitrogen and oxygen atoms in total. The van der Waals surface area contributed by atoms with Crippen LogP contribution in [0.3, 0.4) is 0 Å². The normalized spacial score (nSPS) is 24.6. The quantitative estimate of drug-likeness (QED) is 0.138. The second kappa shape index (κ2) is 15.9. The number of hydrogen-bond donors (Lipinski definition) is 0. The van der Waals surface area contributed by atoms with Gasteiger partial charge in [-0.3, -0.25) is 4.79 Å². The Morgan fingerprint density at radius 1 is 0.829 bits per heavy atom. The zero-order chi connectivity index (χ0) is 24.7. The molecule has 0 spiro atoms. The molecule has 0 bridgehead atoms. The highest BCUT2D eigenvalue weighted by molar-refractivity contribution is 5.75. The van der Waals surface area contributed by atoms with Gasteiger partial charge < -0.3 is 4.74 Å². The Morgan fingerprint density at radius 3 is 1.97 bits per heavy atom. The molecule has 0 unspecified atom stereocenters. The number of ether oxygens (including phenoxy) is 1. The Hall–Kier alpha value is -2.01. The van der Waals surface area contributed by atoms with Gasteiger partial charge in [-0.15, -0.1) is 0 Å². The largest absolute Gasteiger partial charge is 0.426 e. The molecule has 1 aromatic carbocycles. The van der Waals surface area contributed by atoms with E-state index in [-0.39, 0.29) is 11.9 Å². The zero-order valence-corrected chi connectivity index (χ0v) is 22.4. The Morgan fingerprint density at radius 2 is 1.40 bits per heavy atom. The molecule has 0 aromatic heterocycles. The summed E-state index contributed by atoms with van der Waals surface area (Å²) in [5.74, 6) is 9.52. The molecule has 0 N–H and O–H groups in total. The predicted molar refractivity (Wildman–Crippen MR) is 147 cm³/mol. The first-order chi connectivity index (χ1) is 17.2. The van der Waals surface area contributed by atoms with Crippen molar-refractivity contribution in [2.75, 3.05) is 0 Å². The van der Waals surface area contributed by atoms with E-state index >= 15 is 0 Å². The van der Waals surface area contributed by atoms with Gasteiger partial charge in [-0.1, -0.05) is 83.1 Å². The van der Waals surface area contributed by atoms with Gasteiger partial charge in [0.15, 0.2) is 0 Å². The molecule has 0 amide bonds. The minimum atomic E-state index is -0.0566. The molecule has 2 aliphatic rings. The lowest BCUT2D eigenvalue weighted by Gasteiger charge is -2.27. The van der Waals surface area contributed by atoms with E-state index in [2.05, 4.69) is 31.8 Å². The summed E-state index contributed by atoms with van der Waals surface area (Å²) in [7, 11) is 0. The van der Waals surface area contributed by atoms with Gasteiger partial charge in [-0.2, -0.15) is 0 Å². The van der Waals surface area contributed by atoms with Crippen molar-refractivity contribution in [2.45, 2.75) is 117 Å². The van der Waals surface area contributed by atoms with E-state index < -0.39 is 0 Å². The molecular formula is C33H48O2. The minimum absolute atomic E-state index is 0.0566. The SMILES string of the molecule is CCCCCC1CCC(/C=C/C#Cc2ccc(OC(=O)C3CCC(CCCCC)CC3)cc2)CC1. The molecule has 3 rings (SSSR count). The number of carbonyl (C=O) groups excluding carboxylic acids is 1. The Bertz CT molecular complexity index is 809. The van der Waals surface area contributed by atoms with Crippen molar-refractivity contribution in [3.05, 3.63) is 42.0 Å². The maximum absolute atomic E-state index is 12.6. The van der Waals surface area contributed by atoms with E-state index in [1.54, 1.807) is 0 Å². The summed E-state index contributed by atoms with van der Waals surface area (Å²) < 4.78 is 5.69. The van der Waals surface area contributed by atoms with Crippen molar-refractivity contribution >= 4 is 5.97 Å². The lowest BCUT2D eigenvalue weighted by molar-refractivity contribution is -0.140. The highest BCUT2D eigenvalue weighted by atomic mass is 16.5. The molecule has 0 radical (unpaired) electrons. The van der Waals surface area contributed by atoms with Crippen LogP contribution in [-0.4, -0.2) is 5.97 Å². The van der Waals surface area contributed by atoms with Crippen LogP contribution in [0.25, 0.3) is 0 Å². The molecule has 2 saturated carbocycles. The molecule has 0 heterocycles. The minimum Gasteiger partial charge on any atom is -0.426 e. The van der Waals surface area contributed by atoms with E-state index in [0.717, 1.165) is 30.2 Å². The van der Waals surface area contributed by atoms with Crippen LogP contribution in [-0.2, 0) is 4.79 Å². The summed E-state index contributed by atoms with van der Waals surface area (Å²) in [6, 6.07) is 7.66. The molecule has 1 aromatic rings. The van der Waals surface area contributed by atoms with Crippen LogP contribution in [0.5, 0.6) is 5.75 Å². The van der Waals surface area contributed by atoms with Crippen molar-refractivity contribution in [3.63, 3.8) is 0 Å². The van der Waals surface area contributed by atoms with Gasteiger partial charge in [-0.25, -0.2) is 0 Å². The van der Waals surface area contributed by atoms with Gasteiger partial charge in [0.25, 0.3) is 0 Å². The smallest absolute Gasteiger partial charge is 0.314 e. The third-order valence-electron chi connectivity index (χ3n) is 8.24. The third kappa shape index (κ3) is 10.2. The fourth-order valence-electron chi connectivity index (χ4n) is 5.84. The molecule has 35 heavy (non-hydrogen) atoms. The lowest BCUT2D eigenvalue weighted by atomic mass is 9.79. The lowest BCUT2D eigenvalue weighted by Crippen LogP contribution is -2.25. The molecule has 192 valence electrons. The van der Waals surface area contributed by atoms with Gasteiger partial charge in [0, 0.05) is 5.56 Å². The number of hydrogen-bond acceptors (Lipinski definition) is 2. The molecule has 0 atom stereocenters. The third-order valence-corrected chi connectivity index (χ3v) is 8.24. The molecule has 2 aliphatic carbocycles. The predicted octanol–water partition coefficient (Wildman–Crippen LogP) is 9.27. The second-order valence-corrected chi connectivity index (χ2v) is 11.1. The van der Waals surface area contributed by atoms with Crippen LogP contribution in [0.1, 0.15) is 122 Å². The molecule has 2 fully saturated rings. The fourth-order valence-corrected chi connectivity index (χ4v) is 5.84. The van der Waals surface area contributed by atoms with Crippen molar-refractivity contribution in [2.24, 2.45) is 23.7 Å². The monoisotopic (exact) mass is 476 g/mol. The Balaban J connectivity index is 1.35. The van der Waals surface area contributed by atoms with E-state index in [1.807, 2.05) is 30.3 Å². The van der Waals surface area contributed by atoms with Crippen molar-refractivity contribution in [1.82, 2.24) is 0 Å². The first kappa shape index (κ1) is 27.6. The van der Waals surface area contributed by atoms with Crippen LogP contribution in [0.15, 0.2) is 36.4 Å². The zero-order valence-electron chi connectivity index (χ0n) is 22.4. The van der Waals surface area contributed by atoms with Gasteiger partial charge in [0.05, 0.1) is 5.92 Å². The Labute approximate surface area is 215 Å². The van der Waals surface area contributed by atoms with Crippen molar-refractivity contribution < 1.29 is 9.53 Å². The number of benzene rings is 1. The summed E-state index contributed by atoms with van der Waals surface area (Å²) in [4.78, 5) is 12.6. The summed E-state index contributed by atoms with van der Waals surface area (Å²) in [5.41, 5.74) is 0.960. The average Bonchev–Trinajstić information content (AvgIpc) is 2.89. The second-order valence-electron chi connectivity index (χ2n) is 11.1. The first-order valence-electron chi connectivity index (χ1n) is 14.7. The van der Waals surface area contributed by atoms with E-state index in [4.69, 9.17) is 4.74 Å². The van der Waals surface area contributed by atoms with E-state index in [0.29, 0.717) is 11.7 Å². The molecule has 0 aliphatic heterocycles. The van der Waals surface area contributed by atoms with Crippen molar-refractivity contribution in [3.8, 4) is 17.6 Å². The van der Waals surface area contributed by atoms with Crippen LogP contribution < -0.4 is 4.74 Å². The van der Waals surface area contributed by atoms with Gasteiger partial charge in [-0.05, 0) is 99.5 Å². The fraction of sp³-hybridized carbons (Fsp3) is 0.667. The van der Waals surface area contributed by atoms with E-state index in [9.17, 15) is 4.79 Å². The van der Waals surface area contributed by atoms with Gasteiger partial charge >= 0.3 is 5.97 Å². The van der Waals surface area contributed by atoms with Gasteiger partial charge in [0.1, 0.15) is 5.75 Å². The first-order valence-corrected chi connectivity index (χ1v) is 14.7. The van der Waals surface area contributed by atoms with Crippen molar-refractivity contribution in [1.29, 1.82) is 0 Å².